The number of phosphoric ester groups is 2. The van der Waals surface area contributed by atoms with Crippen molar-refractivity contribution < 1.29 is 80.2 Å². The number of hydrogen-bond acceptors (Lipinski definition) is 15. The monoisotopic (exact) mass is 1370 g/mol. The van der Waals surface area contributed by atoms with Crippen molar-refractivity contribution in [3.05, 3.63) is 0 Å². The molecule has 0 aromatic heterocycles. The molecule has 552 valence electrons. The van der Waals surface area contributed by atoms with E-state index in [0.29, 0.717) is 25.7 Å². The molecule has 0 amide bonds. The highest BCUT2D eigenvalue weighted by molar-refractivity contribution is 7.47. The third kappa shape index (κ3) is 68.4. The number of hydrogen-bond donors (Lipinski definition) is 3. The predicted molar refractivity (Wildman–Crippen MR) is 377 cm³/mol. The normalized spacial score (nSPS) is 14.0. The molecule has 0 radical (unpaired) electrons. The fourth-order valence-electron chi connectivity index (χ4n) is 11.4. The van der Waals surface area contributed by atoms with Gasteiger partial charge in [-0.15, -0.1) is 0 Å². The molecule has 0 saturated carbocycles. The van der Waals surface area contributed by atoms with Gasteiger partial charge in [0.1, 0.15) is 19.3 Å². The van der Waals surface area contributed by atoms with E-state index in [1.807, 2.05) is 0 Å². The Morgan fingerprint density at radius 1 is 0.290 bits per heavy atom. The maximum absolute atomic E-state index is 13.1. The lowest BCUT2D eigenvalue weighted by atomic mass is 10.0. The van der Waals surface area contributed by atoms with E-state index >= 15 is 0 Å². The molecule has 2 unspecified atom stereocenters. The largest absolute Gasteiger partial charge is 0.472 e. The van der Waals surface area contributed by atoms with Crippen LogP contribution in [0.3, 0.4) is 0 Å². The van der Waals surface area contributed by atoms with Gasteiger partial charge in [-0.1, -0.05) is 336 Å². The summed E-state index contributed by atoms with van der Waals surface area (Å²) in [6.07, 6.45) is 55.6. The summed E-state index contributed by atoms with van der Waals surface area (Å²) in [5, 5.41) is 10.6. The Bertz CT molecular complexity index is 1790. The second-order valence-electron chi connectivity index (χ2n) is 27.2. The van der Waals surface area contributed by atoms with Crippen LogP contribution < -0.4 is 0 Å². The number of ether oxygens (including phenoxy) is 4. The summed E-state index contributed by atoms with van der Waals surface area (Å²) in [5.74, 6) is -1.34. The van der Waals surface area contributed by atoms with Gasteiger partial charge in [0.05, 0.1) is 26.4 Å². The van der Waals surface area contributed by atoms with Gasteiger partial charge in [-0.05, 0) is 31.6 Å². The molecular weight excluding hydrogens is 1220 g/mol. The van der Waals surface area contributed by atoms with Crippen LogP contribution in [-0.2, 0) is 65.4 Å². The quantitative estimate of drug-likeness (QED) is 0.0222. The minimum Gasteiger partial charge on any atom is -0.462 e. The Morgan fingerprint density at radius 2 is 0.495 bits per heavy atom. The fraction of sp³-hybridized carbons (Fsp3) is 0.946. The van der Waals surface area contributed by atoms with E-state index in [1.54, 1.807) is 0 Å². The van der Waals surface area contributed by atoms with Crippen LogP contribution in [0.4, 0.5) is 0 Å². The molecule has 0 bridgehead atoms. The number of esters is 4. The zero-order chi connectivity index (χ0) is 68.4. The molecule has 0 spiro atoms. The molecule has 0 aromatic rings. The zero-order valence-corrected chi connectivity index (χ0v) is 62.2. The van der Waals surface area contributed by atoms with Crippen LogP contribution >= 0.6 is 15.6 Å². The lowest BCUT2D eigenvalue weighted by Crippen LogP contribution is -2.30. The summed E-state index contributed by atoms with van der Waals surface area (Å²) in [6.45, 7) is 7.25. The number of phosphoric acid groups is 2. The highest BCUT2D eigenvalue weighted by atomic mass is 31.2. The van der Waals surface area contributed by atoms with Crippen molar-refractivity contribution in [2.24, 2.45) is 5.92 Å². The summed E-state index contributed by atoms with van der Waals surface area (Å²) < 4.78 is 68.3. The lowest BCUT2D eigenvalue weighted by molar-refractivity contribution is -0.161. The smallest absolute Gasteiger partial charge is 0.462 e. The number of carbonyl (C=O) groups excluding carboxylic acids is 4. The Labute approximate surface area is 568 Å². The standard InChI is InChI=1S/C74H144O17P2/c1-6-9-12-15-18-20-22-24-25-26-27-28-29-30-36-40-45-50-55-60-74(79)91-70(64-85-72(77)58-53-48-43-38-35-32-31-33-37-42-46-51-56-67(4)5)66-89-93(82,83)87-62-68(75)61-86-92(80,81)88-65-69(63-84-71(76)57-52-47-41-17-14-11-8-3)90-73(78)59-54-49-44-39-34-23-21-19-16-13-10-7-2/h67-70,75H,6-66H2,1-5H3,(H,80,81)(H,82,83)/t68-,69+,70+/m0/s1. The highest BCUT2D eigenvalue weighted by Gasteiger charge is 2.30. The van der Waals surface area contributed by atoms with Gasteiger partial charge in [-0.3, -0.25) is 37.3 Å². The molecule has 19 heteroatoms. The van der Waals surface area contributed by atoms with E-state index in [1.165, 1.54) is 199 Å². The number of aliphatic hydroxyl groups excluding tert-OH is 1. The Hall–Kier alpha value is -1.94. The number of unbranched alkanes of at least 4 members (excludes halogenated alkanes) is 46. The summed E-state index contributed by atoms with van der Waals surface area (Å²) in [7, 11) is -9.90. The van der Waals surface area contributed by atoms with Crippen molar-refractivity contribution in [1.82, 2.24) is 0 Å². The molecule has 0 fully saturated rings. The Kier molecular flexibility index (Phi) is 65.9. The molecule has 0 aliphatic carbocycles. The Morgan fingerprint density at radius 3 is 0.731 bits per heavy atom. The van der Waals surface area contributed by atoms with E-state index in [0.717, 1.165) is 109 Å². The van der Waals surface area contributed by atoms with Gasteiger partial charge >= 0.3 is 39.5 Å². The van der Waals surface area contributed by atoms with Crippen molar-refractivity contribution in [3.8, 4) is 0 Å². The van der Waals surface area contributed by atoms with Gasteiger partial charge in [0.2, 0.25) is 0 Å². The first kappa shape index (κ1) is 91.1. The van der Waals surface area contributed by atoms with Gasteiger partial charge in [0.25, 0.3) is 0 Å². The van der Waals surface area contributed by atoms with Gasteiger partial charge in [-0.2, -0.15) is 0 Å². The van der Waals surface area contributed by atoms with Crippen LogP contribution in [0.5, 0.6) is 0 Å². The van der Waals surface area contributed by atoms with Crippen LogP contribution in [0.15, 0.2) is 0 Å². The van der Waals surface area contributed by atoms with Crippen molar-refractivity contribution in [1.29, 1.82) is 0 Å². The third-order valence-corrected chi connectivity index (χ3v) is 19.2. The van der Waals surface area contributed by atoms with Crippen molar-refractivity contribution in [2.75, 3.05) is 39.6 Å². The number of carbonyl (C=O) groups is 4. The van der Waals surface area contributed by atoms with Gasteiger partial charge in [0, 0.05) is 25.7 Å². The van der Waals surface area contributed by atoms with Gasteiger partial charge in [-0.25, -0.2) is 9.13 Å². The SMILES string of the molecule is CCCCCCCCCCCCCCCCCCCCCC(=O)O[C@H](COC(=O)CCCCCCCCCCCCCCC(C)C)COP(=O)(O)OC[C@@H](O)COP(=O)(O)OC[C@@H](COC(=O)CCCCCCCCC)OC(=O)CCCCCCCCCCCCCC. The molecule has 3 N–H and O–H groups in total. The van der Waals surface area contributed by atoms with Crippen molar-refractivity contribution in [3.63, 3.8) is 0 Å². The summed E-state index contributed by atoms with van der Waals surface area (Å²) >= 11 is 0. The second-order valence-corrected chi connectivity index (χ2v) is 30.1. The minimum atomic E-state index is -4.95. The van der Waals surface area contributed by atoms with Crippen LogP contribution in [0, 0.1) is 5.92 Å². The maximum Gasteiger partial charge on any atom is 0.472 e. The third-order valence-electron chi connectivity index (χ3n) is 17.3. The van der Waals surface area contributed by atoms with E-state index in [-0.39, 0.29) is 25.7 Å². The summed E-state index contributed by atoms with van der Waals surface area (Å²) in [5.41, 5.74) is 0. The van der Waals surface area contributed by atoms with E-state index in [4.69, 9.17) is 37.0 Å². The van der Waals surface area contributed by atoms with Crippen LogP contribution in [0.1, 0.15) is 388 Å². The maximum atomic E-state index is 13.1. The summed E-state index contributed by atoms with van der Waals surface area (Å²) in [6, 6.07) is 0. The first-order valence-corrected chi connectivity index (χ1v) is 41.6. The van der Waals surface area contributed by atoms with E-state index in [2.05, 4.69) is 34.6 Å². The first-order chi connectivity index (χ1) is 45.0. The van der Waals surface area contributed by atoms with Crippen LogP contribution in [-0.4, -0.2) is 96.7 Å². The molecule has 0 rings (SSSR count). The van der Waals surface area contributed by atoms with Gasteiger partial charge in [0.15, 0.2) is 12.2 Å². The van der Waals surface area contributed by atoms with Crippen LogP contribution in [0.25, 0.3) is 0 Å². The molecule has 0 heterocycles. The topological polar surface area (TPSA) is 237 Å². The molecule has 5 atom stereocenters. The number of aliphatic hydroxyl groups is 1. The number of rotatable bonds is 74. The fourth-order valence-corrected chi connectivity index (χ4v) is 12.9. The predicted octanol–water partition coefficient (Wildman–Crippen LogP) is 21.7. The van der Waals surface area contributed by atoms with E-state index in [9.17, 15) is 43.2 Å². The van der Waals surface area contributed by atoms with Gasteiger partial charge < -0.3 is 33.8 Å². The lowest BCUT2D eigenvalue weighted by Gasteiger charge is -2.21. The highest BCUT2D eigenvalue weighted by Crippen LogP contribution is 2.45. The molecule has 17 nitrogen and oxygen atoms in total. The molecule has 0 aliphatic heterocycles. The van der Waals surface area contributed by atoms with Crippen molar-refractivity contribution >= 4 is 39.5 Å². The molecule has 0 saturated heterocycles. The second kappa shape index (κ2) is 67.3. The molecule has 0 aliphatic rings. The first-order valence-electron chi connectivity index (χ1n) is 38.6. The van der Waals surface area contributed by atoms with Crippen LogP contribution in [0.2, 0.25) is 0 Å². The Balaban J connectivity index is 5.18. The average molecular weight is 1370 g/mol. The van der Waals surface area contributed by atoms with Crippen molar-refractivity contribution in [2.45, 2.75) is 406 Å². The molecule has 93 heavy (non-hydrogen) atoms. The summed E-state index contributed by atoms with van der Waals surface area (Å²) in [4.78, 5) is 72.6. The van der Waals surface area contributed by atoms with E-state index < -0.39 is 97.5 Å². The zero-order valence-electron chi connectivity index (χ0n) is 60.4. The minimum absolute atomic E-state index is 0.107. The average Bonchev–Trinajstić information content (AvgIpc) is 3.40. The molecule has 0 aromatic carbocycles. The molecular formula is C74H144O17P2.